The third-order valence-corrected chi connectivity index (χ3v) is 2.90. The largest absolute Gasteiger partial charge is 0.478 e. The third-order valence-electron chi connectivity index (χ3n) is 2.90. The van der Waals surface area contributed by atoms with Gasteiger partial charge in [0.1, 0.15) is 11.3 Å². The Morgan fingerprint density at radius 3 is 2.79 bits per heavy atom. The number of nitrogens with one attached hydrogen (secondary N) is 2. The first-order valence-corrected chi connectivity index (χ1v) is 5.45. The SMILES string of the molecule is O=C(O)c1cccc2c1Oc1[nH]c(=O)[nH]c(=O)c1C2. The van der Waals surface area contributed by atoms with Crippen LogP contribution in [0.1, 0.15) is 21.5 Å². The predicted octanol–water partition coefficient (Wildman–Crippen LogP) is 0.458. The fraction of sp³-hybridized carbons (Fsp3) is 0.0833. The van der Waals surface area contributed by atoms with Crippen molar-refractivity contribution in [2.45, 2.75) is 6.42 Å². The molecule has 7 nitrogen and oxygen atoms in total. The number of hydrogen-bond donors (Lipinski definition) is 3. The van der Waals surface area contributed by atoms with E-state index >= 15 is 0 Å². The van der Waals surface area contributed by atoms with Gasteiger partial charge in [-0.3, -0.25) is 14.8 Å². The van der Waals surface area contributed by atoms with Crippen LogP contribution in [0.4, 0.5) is 0 Å². The summed E-state index contributed by atoms with van der Waals surface area (Å²) in [4.78, 5) is 38.4. The summed E-state index contributed by atoms with van der Waals surface area (Å²) < 4.78 is 5.38. The molecule has 0 radical (unpaired) electrons. The number of aromatic carboxylic acids is 1. The van der Waals surface area contributed by atoms with E-state index in [-0.39, 0.29) is 29.2 Å². The fourth-order valence-electron chi connectivity index (χ4n) is 2.04. The zero-order valence-corrected chi connectivity index (χ0v) is 9.52. The molecule has 0 amide bonds. The first-order valence-electron chi connectivity index (χ1n) is 5.45. The Labute approximate surface area is 105 Å². The van der Waals surface area contributed by atoms with E-state index in [1.807, 2.05) is 0 Å². The van der Waals surface area contributed by atoms with Crippen molar-refractivity contribution < 1.29 is 14.6 Å². The van der Waals surface area contributed by atoms with E-state index in [1.54, 1.807) is 12.1 Å². The van der Waals surface area contributed by atoms with E-state index in [9.17, 15) is 14.4 Å². The Morgan fingerprint density at radius 1 is 1.26 bits per heavy atom. The van der Waals surface area contributed by atoms with Gasteiger partial charge in [0.25, 0.3) is 5.56 Å². The zero-order chi connectivity index (χ0) is 13.6. The van der Waals surface area contributed by atoms with Crippen LogP contribution in [0.3, 0.4) is 0 Å². The second kappa shape index (κ2) is 3.84. The molecule has 19 heavy (non-hydrogen) atoms. The summed E-state index contributed by atoms with van der Waals surface area (Å²) in [5.74, 6) is -0.980. The van der Waals surface area contributed by atoms with Crippen molar-refractivity contribution in [2.24, 2.45) is 0 Å². The fourth-order valence-corrected chi connectivity index (χ4v) is 2.04. The predicted molar refractivity (Wildman–Crippen MR) is 64.0 cm³/mol. The number of carboxylic acids is 1. The maximum absolute atomic E-state index is 11.6. The molecular formula is C12H8N2O5. The lowest BCUT2D eigenvalue weighted by atomic mass is 10.0. The molecule has 1 aliphatic rings. The van der Waals surface area contributed by atoms with Crippen molar-refractivity contribution >= 4 is 5.97 Å². The van der Waals surface area contributed by atoms with Crippen LogP contribution in [0.5, 0.6) is 11.6 Å². The molecule has 1 aromatic heterocycles. The number of para-hydroxylation sites is 1. The van der Waals surface area contributed by atoms with Crippen LogP contribution in [-0.4, -0.2) is 21.0 Å². The average Bonchev–Trinajstić information content (AvgIpc) is 2.35. The summed E-state index contributed by atoms with van der Waals surface area (Å²) in [6, 6.07) is 4.66. The first-order chi connectivity index (χ1) is 9.06. The van der Waals surface area contributed by atoms with Gasteiger partial charge in [0.15, 0.2) is 0 Å². The molecule has 1 aromatic carbocycles. The maximum Gasteiger partial charge on any atom is 0.339 e. The molecule has 3 rings (SSSR count). The van der Waals surface area contributed by atoms with Gasteiger partial charge in [-0.1, -0.05) is 12.1 Å². The Hall–Kier alpha value is -2.83. The molecule has 1 aliphatic heterocycles. The van der Waals surface area contributed by atoms with Gasteiger partial charge in [-0.05, 0) is 6.07 Å². The summed E-state index contributed by atoms with van der Waals surface area (Å²) in [7, 11) is 0. The second-order valence-electron chi connectivity index (χ2n) is 4.09. The number of benzene rings is 1. The minimum absolute atomic E-state index is 0.00468. The molecule has 0 saturated heterocycles. The molecule has 0 saturated carbocycles. The highest BCUT2D eigenvalue weighted by molar-refractivity contribution is 5.91. The first kappa shape index (κ1) is 11.3. The molecule has 0 atom stereocenters. The van der Waals surface area contributed by atoms with Crippen molar-refractivity contribution in [2.75, 3.05) is 0 Å². The number of carbonyl (C=O) groups is 1. The van der Waals surface area contributed by atoms with E-state index in [1.165, 1.54) is 6.07 Å². The molecule has 2 aromatic rings. The van der Waals surface area contributed by atoms with Crippen molar-refractivity contribution in [3.63, 3.8) is 0 Å². The highest BCUT2D eigenvalue weighted by Gasteiger charge is 2.25. The van der Waals surface area contributed by atoms with Crippen LogP contribution in [-0.2, 0) is 6.42 Å². The smallest absolute Gasteiger partial charge is 0.339 e. The van der Waals surface area contributed by atoms with Crippen LogP contribution in [0.2, 0.25) is 0 Å². The van der Waals surface area contributed by atoms with Crippen LogP contribution >= 0.6 is 0 Å². The molecule has 3 N–H and O–H groups in total. The number of fused-ring (bicyclic) bond motifs is 2. The minimum Gasteiger partial charge on any atom is -0.478 e. The summed E-state index contributed by atoms with van der Waals surface area (Å²) in [6.07, 6.45) is 0.206. The van der Waals surface area contributed by atoms with Crippen molar-refractivity contribution in [1.29, 1.82) is 0 Å². The molecule has 0 fully saturated rings. The Balaban J connectivity index is 2.23. The number of aromatic nitrogens is 2. The Morgan fingerprint density at radius 2 is 2.05 bits per heavy atom. The van der Waals surface area contributed by atoms with E-state index < -0.39 is 17.2 Å². The molecule has 0 aliphatic carbocycles. The quantitative estimate of drug-likeness (QED) is 0.588. The molecule has 2 heterocycles. The van der Waals surface area contributed by atoms with Gasteiger partial charge < -0.3 is 9.84 Å². The third kappa shape index (κ3) is 1.71. The number of H-pyrrole nitrogens is 2. The van der Waals surface area contributed by atoms with Gasteiger partial charge in [-0.25, -0.2) is 9.59 Å². The van der Waals surface area contributed by atoms with E-state index in [4.69, 9.17) is 9.84 Å². The normalized spacial score (nSPS) is 12.2. The molecule has 7 heteroatoms. The Kier molecular flexibility index (Phi) is 2.28. The number of carboxylic acid groups (broad SMARTS) is 1. The number of rotatable bonds is 1. The van der Waals surface area contributed by atoms with Crippen LogP contribution in [0, 0.1) is 0 Å². The minimum atomic E-state index is -1.13. The summed E-state index contributed by atoms with van der Waals surface area (Å²) >= 11 is 0. The van der Waals surface area contributed by atoms with Crippen LogP contribution in [0.25, 0.3) is 0 Å². The summed E-state index contributed by atoms with van der Waals surface area (Å²) in [5.41, 5.74) is -0.381. The summed E-state index contributed by atoms with van der Waals surface area (Å²) in [5, 5.41) is 9.08. The highest BCUT2D eigenvalue weighted by Crippen LogP contribution is 2.35. The lowest BCUT2D eigenvalue weighted by molar-refractivity contribution is 0.0693. The van der Waals surface area contributed by atoms with Crippen LogP contribution in [0.15, 0.2) is 27.8 Å². The van der Waals surface area contributed by atoms with Crippen molar-refractivity contribution in [3.8, 4) is 11.6 Å². The molecule has 0 bridgehead atoms. The number of aromatic amines is 2. The standard InChI is InChI=1S/C12H8N2O5/c15-9-7-4-5-2-1-3-6(11(16)17)8(5)19-10(7)14-12(18)13-9/h1-3H,4H2,(H,16,17)(H2,13,14,15,18). The topological polar surface area (TPSA) is 112 Å². The molecule has 0 unspecified atom stereocenters. The van der Waals surface area contributed by atoms with E-state index in [0.29, 0.717) is 5.56 Å². The number of hydrogen-bond acceptors (Lipinski definition) is 4. The van der Waals surface area contributed by atoms with Gasteiger partial charge in [0.2, 0.25) is 5.88 Å². The van der Waals surface area contributed by atoms with E-state index in [2.05, 4.69) is 9.97 Å². The van der Waals surface area contributed by atoms with Gasteiger partial charge in [0, 0.05) is 12.0 Å². The lowest BCUT2D eigenvalue weighted by Gasteiger charge is -2.19. The lowest BCUT2D eigenvalue weighted by Crippen LogP contribution is -2.28. The van der Waals surface area contributed by atoms with Gasteiger partial charge in [-0.15, -0.1) is 0 Å². The van der Waals surface area contributed by atoms with Crippen LogP contribution < -0.4 is 16.0 Å². The number of ether oxygens (including phenoxy) is 1. The van der Waals surface area contributed by atoms with E-state index in [0.717, 1.165) is 0 Å². The van der Waals surface area contributed by atoms with Gasteiger partial charge in [-0.2, -0.15) is 0 Å². The molecule has 96 valence electrons. The van der Waals surface area contributed by atoms with Gasteiger partial charge >= 0.3 is 11.7 Å². The monoisotopic (exact) mass is 260 g/mol. The van der Waals surface area contributed by atoms with Crippen molar-refractivity contribution in [1.82, 2.24) is 9.97 Å². The van der Waals surface area contributed by atoms with Crippen molar-refractivity contribution in [3.05, 3.63) is 55.7 Å². The Bertz CT molecular complexity index is 802. The molecular weight excluding hydrogens is 252 g/mol. The zero-order valence-electron chi connectivity index (χ0n) is 9.52. The molecule has 0 spiro atoms. The second-order valence-corrected chi connectivity index (χ2v) is 4.09. The highest BCUT2D eigenvalue weighted by atomic mass is 16.5. The maximum atomic E-state index is 11.6. The summed E-state index contributed by atoms with van der Waals surface area (Å²) in [6.45, 7) is 0. The average molecular weight is 260 g/mol. The van der Waals surface area contributed by atoms with Gasteiger partial charge in [0.05, 0.1) is 5.56 Å².